The largest absolute Gasteiger partial charge is 0.325 e. The highest BCUT2D eigenvalue weighted by molar-refractivity contribution is 8.15. The average Bonchev–Trinajstić information content (AvgIpc) is 2.59. The Labute approximate surface area is 165 Å². The molecule has 2 aromatic rings. The number of carbonyl (C=O) groups is 2. The third kappa shape index (κ3) is 4.58. The number of amidine groups is 1. The molecule has 1 fully saturated rings. The van der Waals surface area contributed by atoms with Crippen LogP contribution in [0.25, 0.3) is 0 Å². The molecule has 0 spiro atoms. The second-order valence-corrected chi connectivity index (χ2v) is 7.68. The lowest BCUT2D eigenvalue weighted by Crippen LogP contribution is -2.43. The van der Waals surface area contributed by atoms with Crippen LogP contribution in [0.4, 0.5) is 11.4 Å². The predicted molar refractivity (Wildman–Crippen MR) is 107 cm³/mol. The van der Waals surface area contributed by atoms with Gasteiger partial charge in [0.05, 0.1) is 5.69 Å². The molecule has 0 bridgehead atoms. The molecule has 2 aromatic carbocycles. The lowest BCUT2D eigenvalue weighted by Gasteiger charge is -2.28. The molecule has 0 radical (unpaired) electrons. The number of halogens is 2. The van der Waals surface area contributed by atoms with Gasteiger partial charge in [-0.3, -0.25) is 14.5 Å². The molecule has 0 saturated carbocycles. The minimum absolute atomic E-state index is 0.0993. The van der Waals surface area contributed by atoms with Crippen molar-refractivity contribution in [1.29, 1.82) is 0 Å². The number of nitrogens with one attached hydrogen (secondary N) is 1. The summed E-state index contributed by atoms with van der Waals surface area (Å²) in [5, 5.41) is 3.75. The Balaban J connectivity index is 1.79. The zero-order chi connectivity index (χ0) is 18.7. The summed E-state index contributed by atoms with van der Waals surface area (Å²) in [6.07, 6.45) is 0.0993. The van der Waals surface area contributed by atoms with Crippen molar-refractivity contribution in [2.24, 2.45) is 4.99 Å². The van der Waals surface area contributed by atoms with Crippen LogP contribution in [0.5, 0.6) is 0 Å². The Hall–Kier alpha value is -2.02. The zero-order valence-electron chi connectivity index (χ0n) is 13.8. The minimum atomic E-state index is -0.574. The average molecular weight is 408 g/mol. The molecule has 1 aliphatic rings. The summed E-state index contributed by atoms with van der Waals surface area (Å²) in [4.78, 5) is 30.8. The molecular weight excluding hydrogens is 393 g/mol. The summed E-state index contributed by atoms with van der Waals surface area (Å²) in [6, 6.07) is 13.9. The molecule has 1 aliphatic heterocycles. The summed E-state index contributed by atoms with van der Waals surface area (Å²) in [6.45, 7) is 0. The molecule has 2 amide bonds. The number of amides is 2. The van der Waals surface area contributed by atoms with E-state index in [-0.39, 0.29) is 18.2 Å². The van der Waals surface area contributed by atoms with Crippen LogP contribution >= 0.6 is 35.0 Å². The van der Waals surface area contributed by atoms with Gasteiger partial charge in [-0.15, -0.1) is 0 Å². The molecule has 5 nitrogen and oxygen atoms in total. The number of hydrogen-bond acceptors (Lipinski definition) is 4. The summed E-state index contributed by atoms with van der Waals surface area (Å²) < 4.78 is 0. The highest BCUT2D eigenvalue weighted by Crippen LogP contribution is 2.29. The first-order valence-corrected chi connectivity index (χ1v) is 9.40. The van der Waals surface area contributed by atoms with Crippen LogP contribution in [0, 0.1) is 0 Å². The van der Waals surface area contributed by atoms with Gasteiger partial charge in [0.15, 0.2) is 5.17 Å². The van der Waals surface area contributed by atoms with Crippen molar-refractivity contribution in [3.05, 3.63) is 58.6 Å². The van der Waals surface area contributed by atoms with Crippen molar-refractivity contribution in [1.82, 2.24) is 4.90 Å². The second-order valence-electron chi connectivity index (χ2n) is 5.64. The van der Waals surface area contributed by atoms with Crippen molar-refractivity contribution in [2.45, 2.75) is 11.7 Å². The van der Waals surface area contributed by atoms with E-state index in [0.717, 1.165) is 0 Å². The van der Waals surface area contributed by atoms with Crippen LogP contribution in [-0.2, 0) is 9.59 Å². The molecule has 3 rings (SSSR count). The van der Waals surface area contributed by atoms with E-state index in [9.17, 15) is 9.59 Å². The Morgan fingerprint density at radius 3 is 2.58 bits per heavy atom. The Bertz CT molecular complexity index is 888. The van der Waals surface area contributed by atoms with Gasteiger partial charge in [0.25, 0.3) is 0 Å². The molecule has 0 aromatic heterocycles. The first-order chi connectivity index (χ1) is 12.4. The summed E-state index contributed by atoms with van der Waals surface area (Å²) in [5.41, 5.74) is 1.21. The van der Waals surface area contributed by atoms with Crippen LogP contribution in [0.15, 0.2) is 53.5 Å². The maximum atomic E-state index is 12.6. The van der Waals surface area contributed by atoms with Crippen molar-refractivity contribution in [3.63, 3.8) is 0 Å². The Morgan fingerprint density at radius 1 is 1.19 bits per heavy atom. The van der Waals surface area contributed by atoms with Gasteiger partial charge in [-0.1, -0.05) is 47.1 Å². The fourth-order valence-electron chi connectivity index (χ4n) is 2.34. The number of thioether (sulfide) groups is 1. The van der Waals surface area contributed by atoms with E-state index >= 15 is 0 Å². The van der Waals surface area contributed by atoms with Crippen molar-refractivity contribution in [2.75, 3.05) is 12.4 Å². The monoisotopic (exact) mass is 407 g/mol. The van der Waals surface area contributed by atoms with E-state index < -0.39 is 5.25 Å². The molecule has 8 heteroatoms. The third-order valence-electron chi connectivity index (χ3n) is 3.69. The first-order valence-electron chi connectivity index (χ1n) is 7.76. The molecule has 1 heterocycles. The number of hydrogen-bond donors (Lipinski definition) is 1. The van der Waals surface area contributed by atoms with Crippen LogP contribution in [-0.4, -0.2) is 34.2 Å². The molecular formula is C18H15Cl2N3O2S. The van der Waals surface area contributed by atoms with Crippen LogP contribution in [0.3, 0.4) is 0 Å². The highest BCUT2D eigenvalue weighted by atomic mass is 35.5. The maximum Gasteiger partial charge on any atom is 0.238 e. The minimum Gasteiger partial charge on any atom is -0.325 e. The summed E-state index contributed by atoms with van der Waals surface area (Å²) >= 11 is 13.2. The molecule has 0 aliphatic carbocycles. The van der Waals surface area contributed by atoms with Crippen LogP contribution < -0.4 is 5.32 Å². The molecule has 26 heavy (non-hydrogen) atoms. The smallest absolute Gasteiger partial charge is 0.238 e. The highest BCUT2D eigenvalue weighted by Gasteiger charge is 2.34. The van der Waals surface area contributed by atoms with E-state index in [1.165, 1.54) is 16.7 Å². The SMILES string of the molecule is CN1C(=O)CC(C(=O)Nc2cccc(Cl)c2)SC1=Nc1cccc(Cl)c1. The first kappa shape index (κ1) is 18.8. The van der Waals surface area contributed by atoms with Gasteiger partial charge in [0.1, 0.15) is 5.25 Å². The summed E-state index contributed by atoms with van der Waals surface area (Å²) in [7, 11) is 1.64. The number of nitrogens with zero attached hydrogens (tertiary/aromatic N) is 2. The van der Waals surface area contributed by atoms with Crippen LogP contribution in [0.1, 0.15) is 6.42 Å². The van der Waals surface area contributed by atoms with Gasteiger partial charge >= 0.3 is 0 Å². The number of rotatable bonds is 3. The van der Waals surface area contributed by atoms with Gasteiger partial charge < -0.3 is 5.32 Å². The fourth-order valence-corrected chi connectivity index (χ4v) is 3.78. The molecule has 1 atom stereocenters. The van der Waals surface area contributed by atoms with Gasteiger partial charge in [0, 0.05) is 29.2 Å². The second kappa shape index (κ2) is 8.12. The standard InChI is InChI=1S/C18H15Cl2N3O2S/c1-23-16(24)10-15(17(25)21-13-6-2-4-11(19)8-13)26-18(23)22-14-7-3-5-12(20)9-14/h2-9,15H,10H2,1H3,(H,21,25). The molecule has 1 saturated heterocycles. The maximum absolute atomic E-state index is 12.6. The fraction of sp³-hybridized carbons (Fsp3) is 0.167. The van der Waals surface area contributed by atoms with Crippen LogP contribution in [0.2, 0.25) is 10.0 Å². The third-order valence-corrected chi connectivity index (χ3v) is 5.40. The van der Waals surface area contributed by atoms with E-state index in [1.54, 1.807) is 55.6 Å². The van der Waals surface area contributed by atoms with E-state index in [1.807, 2.05) is 0 Å². The lowest BCUT2D eigenvalue weighted by atomic mass is 10.2. The van der Waals surface area contributed by atoms with Gasteiger partial charge in [0.2, 0.25) is 11.8 Å². The van der Waals surface area contributed by atoms with Gasteiger partial charge in [-0.05, 0) is 36.4 Å². The van der Waals surface area contributed by atoms with Gasteiger partial charge in [-0.2, -0.15) is 0 Å². The van der Waals surface area contributed by atoms with Gasteiger partial charge in [-0.25, -0.2) is 4.99 Å². The van der Waals surface area contributed by atoms with Crippen molar-refractivity contribution >= 4 is 63.3 Å². The molecule has 134 valence electrons. The lowest BCUT2D eigenvalue weighted by molar-refractivity contribution is -0.128. The van der Waals surface area contributed by atoms with E-state index in [4.69, 9.17) is 23.2 Å². The zero-order valence-corrected chi connectivity index (χ0v) is 16.1. The Kier molecular flexibility index (Phi) is 5.86. The van der Waals surface area contributed by atoms with Crippen molar-refractivity contribution in [3.8, 4) is 0 Å². The number of anilines is 1. The number of benzene rings is 2. The number of aliphatic imine (C=N–C) groups is 1. The summed E-state index contributed by atoms with van der Waals surface area (Å²) in [5.74, 6) is -0.437. The molecule has 1 N–H and O–H groups in total. The predicted octanol–water partition coefficient (Wildman–Crippen LogP) is 4.58. The molecule has 1 unspecified atom stereocenters. The van der Waals surface area contributed by atoms with Crippen molar-refractivity contribution < 1.29 is 9.59 Å². The topological polar surface area (TPSA) is 61.8 Å². The van der Waals surface area contributed by atoms with E-state index in [0.29, 0.717) is 26.6 Å². The van der Waals surface area contributed by atoms with E-state index in [2.05, 4.69) is 10.3 Å². The quantitative estimate of drug-likeness (QED) is 0.809. The number of carbonyl (C=O) groups excluding carboxylic acids is 2. The normalized spacial score (nSPS) is 18.9. The Morgan fingerprint density at radius 2 is 1.88 bits per heavy atom.